The third kappa shape index (κ3) is 5.70. The van der Waals surface area contributed by atoms with Crippen molar-refractivity contribution in [2.75, 3.05) is 20.8 Å². The summed E-state index contributed by atoms with van der Waals surface area (Å²) in [6.45, 7) is 0.414. The lowest BCUT2D eigenvalue weighted by Crippen LogP contribution is -2.37. The van der Waals surface area contributed by atoms with Gasteiger partial charge in [0.15, 0.2) is 0 Å². The van der Waals surface area contributed by atoms with Crippen LogP contribution in [0.1, 0.15) is 28.7 Å². The van der Waals surface area contributed by atoms with Gasteiger partial charge in [0.05, 0.1) is 20.8 Å². The molecule has 1 atom stereocenters. The molecule has 0 aliphatic heterocycles. The summed E-state index contributed by atoms with van der Waals surface area (Å²) in [6, 6.07) is 44.5. The molecule has 0 aliphatic rings. The minimum atomic E-state index is -1.26. The van der Waals surface area contributed by atoms with Crippen LogP contribution in [0, 0.1) is 0 Å². The van der Waals surface area contributed by atoms with Crippen LogP contribution in [0.2, 0.25) is 0 Å². The normalized spacial score (nSPS) is 12.4. The van der Waals surface area contributed by atoms with Crippen LogP contribution < -0.4 is 14.8 Å². The van der Waals surface area contributed by atoms with Gasteiger partial charge in [0.25, 0.3) is 0 Å². The first kappa shape index (κ1) is 31.2. The van der Waals surface area contributed by atoms with Gasteiger partial charge in [-0.25, -0.2) is 0 Å². The van der Waals surface area contributed by atoms with E-state index in [1.54, 1.807) is 14.2 Å². The molecule has 0 heterocycles. The number of methoxy groups -OCH3 is 2. The maximum atomic E-state index is 13.2. The topological polar surface area (TPSA) is 77.0 Å². The fourth-order valence-corrected chi connectivity index (χ4v) is 6.78. The molecule has 0 saturated carbocycles. The van der Waals surface area contributed by atoms with E-state index in [4.69, 9.17) is 14.2 Å². The highest BCUT2D eigenvalue weighted by Gasteiger charge is 2.38. The molecule has 6 nitrogen and oxygen atoms in total. The van der Waals surface area contributed by atoms with Gasteiger partial charge in [0.1, 0.15) is 23.2 Å². The number of carbonyl (C=O) groups is 1. The van der Waals surface area contributed by atoms with Gasteiger partial charge < -0.3 is 24.6 Å². The summed E-state index contributed by atoms with van der Waals surface area (Å²) in [7, 11) is 3.27. The van der Waals surface area contributed by atoms with E-state index in [2.05, 4.69) is 59.9 Å². The van der Waals surface area contributed by atoms with Crippen LogP contribution in [0.4, 0.5) is 0 Å². The molecular formula is C42H37NO5. The van der Waals surface area contributed by atoms with E-state index in [0.717, 1.165) is 44.5 Å². The summed E-state index contributed by atoms with van der Waals surface area (Å²) in [4.78, 5) is 13.2. The summed E-state index contributed by atoms with van der Waals surface area (Å²) in [5, 5.41) is 21.1. The Morgan fingerprint density at radius 1 is 0.646 bits per heavy atom. The van der Waals surface area contributed by atoms with Crippen molar-refractivity contribution in [1.82, 2.24) is 5.32 Å². The molecule has 240 valence electrons. The molecule has 0 spiro atoms. The van der Waals surface area contributed by atoms with Crippen molar-refractivity contribution in [3.05, 3.63) is 156 Å². The second-order valence-corrected chi connectivity index (χ2v) is 12.0. The highest BCUT2D eigenvalue weighted by Crippen LogP contribution is 2.42. The average Bonchev–Trinajstić information content (AvgIpc) is 3.15. The number of hydrogen-bond donors (Lipinski definition) is 2. The molecule has 0 aliphatic carbocycles. The minimum absolute atomic E-state index is 0.102. The number of hydrogen-bond acceptors (Lipinski definition) is 5. The van der Waals surface area contributed by atoms with Crippen LogP contribution in [0.15, 0.2) is 133 Å². The highest BCUT2D eigenvalue weighted by atomic mass is 16.5. The largest absolute Gasteiger partial charge is 0.497 e. The van der Waals surface area contributed by atoms with Gasteiger partial charge in [0, 0.05) is 13.0 Å². The molecule has 1 amide bonds. The summed E-state index contributed by atoms with van der Waals surface area (Å²) >= 11 is 0. The number of carbonyl (C=O) groups excluding carboxylic acids is 1. The quantitative estimate of drug-likeness (QED) is 0.105. The fourth-order valence-electron chi connectivity index (χ4n) is 6.78. The molecule has 6 heteroatoms. The molecule has 0 saturated heterocycles. The van der Waals surface area contributed by atoms with Crippen LogP contribution >= 0.6 is 0 Å². The van der Waals surface area contributed by atoms with Crippen LogP contribution in [0.25, 0.3) is 32.3 Å². The zero-order chi connectivity index (χ0) is 33.1. The number of ether oxygens (including phenoxy) is 3. The van der Waals surface area contributed by atoms with Gasteiger partial charge in [-0.15, -0.1) is 0 Å². The Balaban J connectivity index is 1.12. The van der Waals surface area contributed by atoms with Crippen molar-refractivity contribution < 1.29 is 24.1 Å². The predicted molar refractivity (Wildman–Crippen MR) is 191 cm³/mol. The van der Waals surface area contributed by atoms with Gasteiger partial charge in [-0.3, -0.25) is 4.79 Å². The number of aliphatic hydroxyl groups excluding tert-OH is 1. The number of rotatable bonds is 12. The van der Waals surface area contributed by atoms with Gasteiger partial charge in [-0.2, -0.15) is 0 Å². The van der Waals surface area contributed by atoms with E-state index >= 15 is 0 Å². The number of aliphatic hydroxyl groups is 1. The van der Waals surface area contributed by atoms with Crippen molar-refractivity contribution in [3.8, 4) is 11.5 Å². The van der Waals surface area contributed by atoms with Crippen LogP contribution in [-0.4, -0.2) is 37.9 Å². The maximum absolute atomic E-state index is 13.2. The number of amides is 1. The second kappa shape index (κ2) is 13.4. The van der Waals surface area contributed by atoms with Gasteiger partial charge in [0.2, 0.25) is 5.91 Å². The monoisotopic (exact) mass is 635 g/mol. The lowest BCUT2D eigenvalue weighted by atomic mass is 9.80. The van der Waals surface area contributed by atoms with Crippen LogP contribution in [0.3, 0.4) is 0 Å². The first-order chi connectivity index (χ1) is 23.5. The summed E-state index contributed by atoms with van der Waals surface area (Å²) in [5.41, 5.74) is 2.64. The van der Waals surface area contributed by atoms with E-state index in [1.165, 1.54) is 21.5 Å². The molecule has 7 aromatic carbocycles. The molecule has 0 fully saturated rings. The van der Waals surface area contributed by atoms with Crippen molar-refractivity contribution >= 4 is 38.2 Å². The molecule has 7 rings (SSSR count). The molecular weight excluding hydrogens is 598 g/mol. The third-order valence-corrected chi connectivity index (χ3v) is 9.26. The summed E-state index contributed by atoms with van der Waals surface area (Å²) in [5.74, 6) is 1.02. The summed E-state index contributed by atoms with van der Waals surface area (Å²) in [6.07, 6.45) is -1.16. The SMILES string of the molecule is COc1ccc(C(OCC[C@@H](O)C(=O)NCc2ccc3ccc4cccc5ccc2c3c45)(c2ccccc2)c2ccc(OC)cc2)cc1. The van der Waals surface area contributed by atoms with E-state index in [9.17, 15) is 9.90 Å². The fraction of sp³-hybridized carbons (Fsp3) is 0.167. The molecule has 2 N–H and O–H groups in total. The zero-order valence-electron chi connectivity index (χ0n) is 27.0. The first-order valence-corrected chi connectivity index (χ1v) is 16.1. The number of nitrogens with one attached hydrogen (secondary N) is 1. The Bertz CT molecular complexity index is 2100. The second-order valence-electron chi connectivity index (χ2n) is 12.0. The van der Waals surface area contributed by atoms with E-state index in [1.807, 2.05) is 78.9 Å². The minimum Gasteiger partial charge on any atom is -0.497 e. The predicted octanol–water partition coefficient (Wildman–Crippen LogP) is 7.98. The third-order valence-electron chi connectivity index (χ3n) is 9.26. The van der Waals surface area contributed by atoms with Gasteiger partial charge >= 0.3 is 0 Å². The lowest BCUT2D eigenvalue weighted by Gasteiger charge is -2.36. The molecule has 0 aromatic heterocycles. The molecule has 0 radical (unpaired) electrons. The van der Waals surface area contributed by atoms with Crippen molar-refractivity contribution in [3.63, 3.8) is 0 Å². The molecule has 0 unspecified atom stereocenters. The Hall–Kier alpha value is -5.43. The Kier molecular flexibility index (Phi) is 8.68. The van der Waals surface area contributed by atoms with Crippen molar-refractivity contribution in [1.29, 1.82) is 0 Å². The summed E-state index contributed by atoms with van der Waals surface area (Å²) < 4.78 is 17.7. The van der Waals surface area contributed by atoms with Gasteiger partial charge in [-0.1, -0.05) is 109 Å². The lowest BCUT2D eigenvalue weighted by molar-refractivity contribution is -0.131. The number of benzene rings is 7. The van der Waals surface area contributed by atoms with Crippen molar-refractivity contribution in [2.45, 2.75) is 24.7 Å². The molecule has 0 bridgehead atoms. The van der Waals surface area contributed by atoms with E-state index < -0.39 is 17.6 Å². The Morgan fingerprint density at radius 3 is 1.79 bits per heavy atom. The molecule has 7 aromatic rings. The van der Waals surface area contributed by atoms with E-state index in [-0.39, 0.29) is 13.0 Å². The van der Waals surface area contributed by atoms with Crippen LogP contribution in [0.5, 0.6) is 11.5 Å². The van der Waals surface area contributed by atoms with Crippen molar-refractivity contribution in [2.24, 2.45) is 0 Å². The standard InChI is InChI=1S/C42H37NO5/c1-46-35-20-16-33(17-21-35)42(32-9-4-3-5-10-32,34-18-22-36(47-2)23-19-34)48-26-25-38(44)41(45)43-27-31-14-13-30-12-11-28-7-6-8-29-15-24-37(31)40(30)39(28)29/h3-24,38,44H,25-27H2,1-2H3,(H,43,45)/t38-/m1/s1. The Morgan fingerprint density at radius 2 is 1.19 bits per heavy atom. The highest BCUT2D eigenvalue weighted by molar-refractivity contribution is 6.23. The van der Waals surface area contributed by atoms with E-state index in [0.29, 0.717) is 6.54 Å². The smallest absolute Gasteiger partial charge is 0.249 e. The van der Waals surface area contributed by atoms with Crippen LogP contribution in [-0.2, 0) is 21.7 Å². The maximum Gasteiger partial charge on any atom is 0.249 e. The Labute approximate surface area is 279 Å². The first-order valence-electron chi connectivity index (χ1n) is 16.1. The average molecular weight is 636 g/mol. The molecule has 48 heavy (non-hydrogen) atoms. The zero-order valence-corrected chi connectivity index (χ0v) is 27.0. The van der Waals surface area contributed by atoms with Gasteiger partial charge in [-0.05, 0) is 78.8 Å².